The summed E-state index contributed by atoms with van der Waals surface area (Å²) in [5, 5.41) is 6.93. The van der Waals surface area contributed by atoms with Crippen LogP contribution in [0.1, 0.15) is 38.3 Å². The summed E-state index contributed by atoms with van der Waals surface area (Å²) in [4.78, 5) is 0. The molecule has 12 heavy (non-hydrogen) atoms. The van der Waals surface area contributed by atoms with E-state index in [4.69, 9.17) is 0 Å². The maximum atomic E-state index is 3.95. The lowest BCUT2D eigenvalue weighted by atomic mass is 10.1. The number of aromatic amines is 1. The van der Waals surface area contributed by atoms with Crippen LogP contribution in [0.15, 0.2) is 10.7 Å². The largest absolute Gasteiger partial charge is 0.281 e. The molecule has 1 heterocycles. The van der Waals surface area contributed by atoms with Crippen molar-refractivity contribution in [1.29, 1.82) is 0 Å². The van der Waals surface area contributed by atoms with Crippen LogP contribution in [-0.4, -0.2) is 10.2 Å². The average Bonchev–Trinajstić information content (AvgIpc) is 2.46. The zero-order valence-corrected chi connectivity index (χ0v) is 9.02. The van der Waals surface area contributed by atoms with Crippen LogP contribution in [-0.2, 0) is 6.42 Å². The molecule has 0 aliphatic carbocycles. The molecule has 1 N–H and O–H groups in total. The highest BCUT2D eigenvalue weighted by molar-refractivity contribution is 9.10. The lowest BCUT2D eigenvalue weighted by Crippen LogP contribution is -1.87. The summed E-state index contributed by atoms with van der Waals surface area (Å²) in [6.45, 7) is 2.23. The number of aryl methyl sites for hydroxylation is 1. The Morgan fingerprint density at radius 1 is 1.42 bits per heavy atom. The van der Waals surface area contributed by atoms with Crippen LogP contribution in [0.2, 0.25) is 0 Å². The van der Waals surface area contributed by atoms with E-state index < -0.39 is 0 Å². The van der Waals surface area contributed by atoms with Gasteiger partial charge in [0.25, 0.3) is 0 Å². The van der Waals surface area contributed by atoms with Crippen molar-refractivity contribution in [3.63, 3.8) is 0 Å². The minimum atomic E-state index is 1.11. The van der Waals surface area contributed by atoms with Gasteiger partial charge in [-0.25, -0.2) is 0 Å². The Kier molecular flexibility index (Phi) is 4.36. The van der Waals surface area contributed by atoms with E-state index in [9.17, 15) is 0 Å². The van der Waals surface area contributed by atoms with Gasteiger partial charge in [0, 0.05) is 5.69 Å². The molecule has 0 bridgehead atoms. The highest BCUT2D eigenvalue weighted by Crippen LogP contribution is 2.15. The number of rotatable bonds is 5. The summed E-state index contributed by atoms with van der Waals surface area (Å²) in [5.74, 6) is 0. The first kappa shape index (κ1) is 9.78. The number of unbranched alkanes of at least 4 members (excludes halogenated alkanes) is 3. The molecule has 0 aliphatic heterocycles. The van der Waals surface area contributed by atoms with Crippen LogP contribution in [0.25, 0.3) is 0 Å². The summed E-state index contributed by atoms with van der Waals surface area (Å²) in [5.41, 5.74) is 1.23. The molecule has 1 aromatic heterocycles. The monoisotopic (exact) mass is 230 g/mol. The standard InChI is InChI=1S/C9H15BrN2/c1-2-3-4-5-6-9-8(10)7-11-12-9/h7H,2-6H2,1H3,(H,11,12). The van der Waals surface area contributed by atoms with Crippen molar-refractivity contribution in [2.45, 2.75) is 39.0 Å². The molecule has 3 heteroatoms. The number of aromatic nitrogens is 2. The first-order chi connectivity index (χ1) is 5.84. The van der Waals surface area contributed by atoms with Crippen molar-refractivity contribution in [2.24, 2.45) is 0 Å². The molecule has 0 aromatic carbocycles. The predicted octanol–water partition coefficient (Wildman–Crippen LogP) is 3.30. The zero-order valence-electron chi connectivity index (χ0n) is 7.44. The van der Waals surface area contributed by atoms with E-state index in [1.165, 1.54) is 31.4 Å². The van der Waals surface area contributed by atoms with Crippen molar-refractivity contribution in [3.8, 4) is 0 Å². The predicted molar refractivity (Wildman–Crippen MR) is 54.1 cm³/mol. The van der Waals surface area contributed by atoms with Crippen LogP contribution in [0, 0.1) is 0 Å². The smallest absolute Gasteiger partial charge is 0.0632 e. The zero-order chi connectivity index (χ0) is 8.81. The SMILES string of the molecule is CCCCCCc1[nH]ncc1Br. The van der Waals surface area contributed by atoms with Gasteiger partial charge in [0.2, 0.25) is 0 Å². The number of hydrogen-bond donors (Lipinski definition) is 1. The van der Waals surface area contributed by atoms with Crippen LogP contribution in [0.4, 0.5) is 0 Å². The van der Waals surface area contributed by atoms with E-state index in [1.54, 1.807) is 0 Å². The number of halogens is 1. The lowest BCUT2D eigenvalue weighted by molar-refractivity contribution is 0.659. The first-order valence-electron chi connectivity index (χ1n) is 4.52. The number of hydrogen-bond acceptors (Lipinski definition) is 1. The van der Waals surface area contributed by atoms with Crippen molar-refractivity contribution in [3.05, 3.63) is 16.4 Å². The van der Waals surface area contributed by atoms with Gasteiger partial charge in [-0.1, -0.05) is 26.2 Å². The normalized spacial score (nSPS) is 10.5. The van der Waals surface area contributed by atoms with E-state index in [0.29, 0.717) is 0 Å². The summed E-state index contributed by atoms with van der Waals surface area (Å²) in [6, 6.07) is 0. The van der Waals surface area contributed by atoms with Gasteiger partial charge >= 0.3 is 0 Å². The van der Waals surface area contributed by atoms with Gasteiger partial charge in [-0.2, -0.15) is 5.10 Å². The second-order valence-corrected chi connectivity index (χ2v) is 3.86. The summed E-state index contributed by atoms with van der Waals surface area (Å²) < 4.78 is 1.11. The van der Waals surface area contributed by atoms with Gasteiger partial charge in [-0.3, -0.25) is 5.10 Å². The highest BCUT2D eigenvalue weighted by Gasteiger charge is 2.00. The average molecular weight is 231 g/mol. The minimum absolute atomic E-state index is 1.11. The molecule has 68 valence electrons. The van der Waals surface area contributed by atoms with E-state index in [1.807, 2.05) is 6.20 Å². The van der Waals surface area contributed by atoms with Gasteiger partial charge in [-0.15, -0.1) is 0 Å². The molecule has 1 aromatic rings. The fourth-order valence-electron chi connectivity index (χ4n) is 1.20. The molecule has 0 amide bonds. The quantitative estimate of drug-likeness (QED) is 0.774. The van der Waals surface area contributed by atoms with E-state index in [0.717, 1.165) is 10.9 Å². The Morgan fingerprint density at radius 3 is 2.83 bits per heavy atom. The molecular weight excluding hydrogens is 216 g/mol. The molecule has 0 spiro atoms. The fraction of sp³-hybridized carbons (Fsp3) is 0.667. The maximum absolute atomic E-state index is 3.95. The number of H-pyrrole nitrogens is 1. The van der Waals surface area contributed by atoms with Gasteiger partial charge in [0.05, 0.1) is 10.7 Å². The summed E-state index contributed by atoms with van der Waals surface area (Å²) in [6.07, 6.45) is 8.14. The molecule has 0 aliphatic rings. The number of nitrogens with zero attached hydrogens (tertiary/aromatic N) is 1. The van der Waals surface area contributed by atoms with E-state index in [-0.39, 0.29) is 0 Å². The van der Waals surface area contributed by atoms with Gasteiger partial charge in [-0.05, 0) is 28.8 Å². The van der Waals surface area contributed by atoms with Crippen LogP contribution >= 0.6 is 15.9 Å². The van der Waals surface area contributed by atoms with Crippen molar-refractivity contribution in [2.75, 3.05) is 0 Å². The Balaban J connectivity index is 2.20. The molecule has 1 rings (SSSR count). The molecule has 0 fully saturated rings. The van der Waals surface area contributed by atoms with E-state index in [2.05, 4.69) is 33.1 Å². The van der Waals surface area contributed by atoms with Crippen LogP contribution in [0.3, 0.4) is 0 Å². The first-order valence-corrected chi connectivity index (χ1v) is 5.31. The number of nitrogens with one attached hydrogen (secondary N) is 1. The van der Waals surface area contributed by atoms with Crippen molar-refractivity contribution < 1.29 is 0 Å². The molecule has 0 radical (unpaired) electrons. The summed E-state index contributed by atoms with van der Waals surface area (Å²) >= 11 is 3.44. The van der Waals surface area contributed by atoms with Gasteiger partial charge in [0.1, 0.15) is 0 Å². The van der Waals surface area contributed by atoms with Gasteiger partial charge < -0.3 is 0 Å². The third-order valence-corrected chi connectivity index (χ3v) is 2.63. The van der Waals surface area contributed by atoms with Crippen LogP contribution in [0.5, 0.6) is 0 Å². The lowest BCUT2D eigenvalue weighted by Gasteiger charge is -1.97. The van der Waals surface area contributed by atoms with Crippen molar-refractivity contribution >= 4 is 15.9 Å². The topological polar surface area (TPSA) is 28.7 Å². The third-order valence-electron chi connectivity index (χ3n) is 1.95. The molecular formula is C9H15BrN2. The van der Waals surface area contributed by atoms with E-state index >= 15 is 0 Å². The molecule has 0 saturated carbocycles. The summed E-state index contributed by atoms with van der Waals surface area (Å²) in [7, 11) is 0. The molecule has 0 unspecified atom stereocenters. The molecule has 2 nitrogen and oxygen atoms in total. The Bertz CT molecular complexity index is 220. The van der Waals surface area contributed by atoms with Crippen molar-refractivity contribution in [1.82, 2.24) is 10.2 Å². The Hall–Kier alpha value is -0.310. The second-order valence-electron chi connectivity index (χ2n) is 3.01. The molecule has 0 saturated heterocycles. The minimum Gasteiger partial charge on any atom is -0.281 e. The Labute approximate surface area is 81.9 Å². The second kappa shape index (κ2) is 5.36. The maximum Gasteiger partial charge on any atom is 0.0632 e. The Morgan fingerprint density at radius 2 is 2.25 bits per heavy atom. The highest BCUT2D eigenvalue weighted by atomic mass is 79.9. The fourth-order valence-corrected chi connectivity index (χ4v) is 1.59. The van der Waals surface area contributed by atoms with Crippen LogP contribution < -0.4 is 0 Å². The third kappa shape index (κ3) is 2.97. The van der Waals surface area contributed by atoms with Gasteiger partial charge in [0.15, 0.2) is 0 Å². The molecule has 0 atom stereocenters.